The highest BCUT2D eigenvalue weighted by Gasteiger charge is 2.00. The third kappa shape index (κ3) is 18.5. The average Bonchev–Trinajstić information content (AvgIpc) is 2.63. The molecule has 0 spiro atoms. The van der Waals surface area contributed by atoms with E-state index < -0.39 is 11.9 Å². The summed E-state index contributed by atoms with van der Waals surface area (Å²) >= 11 is 0. The molecule has 0 fully saturated rings. The molecule has 0 aliphatic heterocycles. The molecule has 0 saturated carbocycles. The number of rotatable bonds is 14. The molecule has 0 amide bonds. The Balaban J connectivity index is 0.000000660. The van der Waals surface area contributed by atoms with E-state index in [0.717, 1.165) is 0 Å². The molecular formula is C22H36O4. The summed E-state index contributed by atoms with van der Waals surface area (Å²) in [5, 5.41) is 15.8. The Kier molecular flexibility index (Phi) is 16.7. The van der Waals surface area contributed by atoms with Gasteiger partial charge in [-0.25, -0.2) is 0 Å². The van der Waals surface area contributed by atoms with E-state index in [1.54, 1.807) is 0 Å². The summed E-state index contributed by atoms with van der Waals surface area (Å²) in [4.78, 5) is 19.3. The number of carboxylic acid groups (broad SMARTS) is 2. The van der Waals surface area contributed by atoms with Gasteiger partial charge >= 0.3 is 11.9 Å². The van der Waals surface area contributed by atoms with Gasteiger partial charge in [-0.1, -0.05) is 95.0 Å². The predicted molar refractivity (Wildman–Crippen MR) is 106 cm³/mol. The molecule has 0 unspecified atom stereocenters. The van der Waals surface area contributed by atoms with Crippen molar-refractivity contribution in [3.8, 4) is 0 Å². The van der Waals surface area contributed by atoms with Gasteiger partial charge in [-0.2, -0.15) is 0 Å². The van der Waals surface area contributed by atoms with E-state index >= 15 is 0 Å². The monoisotopic (exact) mass is 364 g/mol. The number of aryl methyl sites for hydroxylation is 1. The quantitative estimate of drug-likeness (QED) is 0.392. The van der Waals surface area contributed by atoms with E-state index in [2.05, 4.69) is 37.3 Å². The molecule has 2 N–H and O–H groups in total. The summed E-state index contributed by atoms with van der Waals surface area (Å²) in [6.07, 6.45) is 14.9. The molecule has 1 rings (SSSR count). The molecular weight excluding hydrogens is 328 g/mol. The van der Waals surface area contributed by atoms with Crippen LogP contribution in [0.5, 0.6) is 0 Å². The summed E-state index contributed by atoms with van der Waals surface area (Å²) in [5.74, 6) is -2.15. The Morgan fingerprint density at radius 3 is 1.54 bits per heavy atom. The van der Waals surface area contributed by atoms with Crippen LogP contribution in [-0.2, 0) is 16.0 Å². The summed E-state index contributed by atoms with van der Waals surface area (Å²) in [6, 6.07) is 10.9. The second kappa shape index (κ2) is 18.0. The van der Waals surface area contributed by atoms with Gasteiger partial charge in [-0.15, -0.1) is 0 Å². The zero-order valence-corrected chi connectivity index (χ0v) is 16.3. The van der Waals surface area contributed by atoms with Crippen molar-refractivity contribution in [1.29, 1.82) is 0 Å². The number of carbonyl (C=O) groups is 2. The van der Waals surface area contributed by atoms with Crippen LogP contribution in [0, 0.1) is 0 Å². The van der Waals surface area contributed by atoms with Crippen molar-refractivity contribution in [1.82, 2.24) is 0 Å². The molecule has 0 saturated heterocycles. The van der Waals surface area contributed by atoms with Crippen molar-refractivity contribution in [2.24, 2.45) is 0 Å². The van der Waals surface area contributed by atoms with Gasteiger partial charge in [0.2, 0.25) is 0 Å². The van der Waals surface area contributed by atoms with Crippen LogP contribution in [-0.4, -0.2) is 22.2 Å². The average molecular weight is 365 g/mol. The molecule has 0 radical (unpaired) electrons. The van der Waals surface area contributed by atoms with Crippen LogP contribution < -0.4 is 0 Å². The third-order valence-corrected chi connectivity index (χ3v) is 4.21. The van der Waals surface area contributed by atoms with Crippen molar-refractivity contribution in [2.45, 2.75) is 90.4 Å². The standard InChI is InChI=1S/C18H30.C4H6O4/c1-2-3-4-5-6-7-8-9-10-12-15-18-16-13-11-14-17-18;5-3(6)1-2-4(7)8/h11,13-14,16-17H,2-10,12,15H2,1H3;1-2H2,(H,5,6)(H,7,8). The van der Waals surface area contributed by atoms with Gasteiger partial charge in [-0.3, -0.25) is 9.59 Å². The topological polar surface area (TPSA) is 74.6 Å². The van der Waals surface area contributed by atoms with Gasteiger partial charge < -0.3 is 10.2 Å². The zero-order chi connectivity index (χ0) is 19.5. The van der Waals surface area contributed by atoms with Gasteiger partial charge in [-0.05, 0) is 18.4 Å². The molecule has 0 heterocycles. The SMILES string of the molecule is CCCCCCCCCCCCc1ccccc1.O=C(O)CCC(=O)O. The first-order valence-electron chi connectivity index (χ1n) is 10.0. The van der Waals surface area contributed by atoms with Crippen LogP contribution >= 0.6 is 0 Å². The first-order valence-corrected chi connectivity index (χ1v) is 10.0. The molecule has 148 valence electrons. The molecule has 0 atom stereocenters. The Labute approximate surface area is 158 Å². The minimum Gasteiger partial charge on any atom is -0.481 e. The van der Waals surface area contributed by atoms with E-state index in [9.17, 15) is 9.59 Å². The first-order chi connectivity index (χ1) is 12.6. The zero-order valence-electron chi connectivity index (χ0n) is 16.3. The van der Waals surface area contributed by atoms with Gasteiger partial charge in [0.05, 0.1) is 12.8 Å². The van der Waals surface area contributed by atoms with Crippen LogP contribution in [0.4, 0.5) is 0 Å². The van der Waals surface area contributed by atoms with Gasteiger partial charge in [0, 0.05) is 0 Å². The van der Waals surface area contributed by atoms with Gasteiger partial charge in [0.15, 0.2) is 0 Å². The Bertz CT molecular complexity index is 442. The van der Waals surface area contributed by atoms with Gasteiger partial charge in [0.25, 0.3) is 0 Å². The summed E-state index contributed by atoms with van der Waals surface area (Å²) < 4.78 is 0. The van der Waals surface area contributed by atoms with Crippen molar-refractivity contribution in [3.05, 3.63) is 35.9 Å². The lowest BCUT2D eigenvalue weighted by molar-refractivity contribution is -0.143. The summed E-state index contributed by atoms with van der Waals surface area (Å²) in [7, 11) is 0. The molecule has 1 aromatic rings. The fourth-order valence-corrected chi connectivity index (χ4v) is 2.68. The van der Waals surface area contributed by atoms with E-state index in [-0.39, 0.29) is 12.8 Å². The normalized spacial score (nSPS) is 10.0. The maximum Gasteiger partial charge on any atom is 0.303 e. The number of hydrogen-bond acceptors (Lipinski definition) is 2. The first kappa shape index (κ1) is 24.2. The number of aliphatic carboxylic acids is 2. The maximum absolute atomic E-state index is 9.64. The number of carboxylic acids is 2. The van der Waals surface area contributed by atoms with E-state index in [1.165, 1.54) is 76.2 Å². The van der Waals surface area contributed by atoms with E-state index in [0.29, 0.717) is 0 Å². The van der Waals surface area contributed by atoms with E-state index in [4.69, 9.17) is 10.2 Å². The lowest BCUT2D eigenvalue weighted by Crippen LogP contribution is -2.00. The number of benzene rings is 1. The molecule has 4 nitrogen and oxygen atoms in total. The highest BCUT2D eigenvalue weighted by molar-refractivity contribution is 5.75. The van der Waals surface area contributed by atoms with Crippen molar-refractivity contribution in [2.75, 3.05) is 0 Å². The Morgan fingerprint density at radius 2 is 1.12 bits per heavy atom. The van der Waals surface area contributed by atoms with Crippen LogP contribution in [0.15, 0.2) is 30.3 Å². The Morgan fingerprint density at radius 1 is 0.692 bits per heavy atom. The summed E-state index contributed by atoms with van der Waals surface area (Å²) in [5.41, 5.74) is 1.50. The van der Waals surface area contributed by atoms with Crippen LogP contribution in [0.3, 0.4) is 0 Å². The van der Waals surface area contributed by atoms with Crippen molar-refractivity contribution < 1.29 is 19.8 Å². The van der Waals surface area contributed by atoms with Crippen molar-refractivity contribution >= 4 is 11.9 Å². The summed E-state index contributed by atoms with van der Waals surface area (Å²) in [6.45, 7) is 2.28. The fraction of sp³-hybridized carbons (Fsp3) is 0.636. The van der Waals surface area contributed by atoms with Crippen molar-refractivity contribution in [3.63, 3.8) is 0 Å². The van der Waals surface area contributed by atoms with Gasteiger partial charge in [0.1, 0.15) is 0 Å². The number of hydrogen-bond donors (Lipinski definition) is 2. The third-order valence-electron chi connectivity index (χ3n) is 4.21. The van der Waals surface area contributed by atoms with Crippen LogP contribution in [0.1, 0.15) is 89.5 Å². The molecule has 0 aliphatic carbocycles. The second-order valence-electron chi connectivity index (χ2n) is 6.71. The fourth-order valence-electron chi connectivity index (χ4n) is 2.68. The Hall–Kier alpha value is -1.84. The largest absolute Gasteiger partial charge is 0.481 e. The minimum atomic E-state index is -1.08. The van der Waals surface area contributed by atoms with Crippen LogP contribution in [0.2, 0.25) is 0 Å². The predicted octanol–water partition coefficient (Wildman–Crippen LogP) is 6.09. The molecule has 0 bridgehead atoms. The highest BCUT2D eigenvalue weighted by Crippen LogP contribution is 2.12. The molecule has 4 heteroatoms. The lowest BCUT2D eigenvalue weighted by atomic mass is 10.0. The van der Waals surface area contributed by atoms with Crippen LogP contribution in [0.25, 0.3) is 0 Å². The number of unbranched alkanes of at least 4 members (excludes halogenated alkanes) is 9. The lowest BCUT2D eigenvalue weighted by Gasteiger charge is -2.03. The second-order valence-corrected chi connectivity index (χ2v) is 6.71. The molecule has 0 aromatic heterocycles. The van der Waals surface area contributed by atoms with E-state index in [1.807, 2.05) is 0 Å². The highest BCUT2D eigenvalue weighted by atomic mass is 16.4. The molecule has 1 aromatic carbocycles. The minimum absolute atomic E-state index is 0.296. The maximum atomic E-state index is 9.64. The molecule has 26 heavy (non-hydrogen) atoms. The smallest absolute Gasteiger partial charge is 0.303 e. The molecule has 0 aliphatic rings.